The van der Waals surface area contributed by atoms with Gasteiger partial charge in [0, 0.05) is 33.0 Å². The zero-order valence-electron chi connectivity index (χ0n) is 23.3. The van der Waals surface area contributed by atoms with Gasteiger partial charge in [0.05, 0.1) is 0 Å². The number of hydrogen-bond acceptors (Lipinski definition) is 0. The third-order valence-corrected chi connectivity index (χ3v) is 7.95. The first kappa shape index (κ1) is 28.0. The highest BCUT2D eigenvalue weighted by atomic mass is 28.3. The van der Waals surface area contributed by atoms with Crippen molar-refractivity contribution >= 4 is 43.1 Å². The highest BCUT2D eigenvalue weighted by molar-refractivity contribution is 6.85. The molecule has 2 rings (SSSR count). The molecule has 2 aromatic rings. The molecule has 2 aromatic carbocycles. The van der Waals surface area contributed by atoms with E-state index in [1.165, 1.54) is 0 Å². The lowest BCUT2D eigenvalue weighted by Gasteiger charge is -2.12. The minimum Gasteiger partial charge on any atom is -0.127 e. The van der Waals surface area contributed by atoms with Crippen LogP contribution in [0.25, 0.3) is 10.8 Å². The first-order chi connectivity index (χ1) is 15.3. The summed E-state index contributed by atoms with van der Waals surface area (Å²) in [5.74, 6) is 14.2. The van der Waals surface area contributed by atoms with Crippen LogP contribution in [0.15, 0.2) is 24.3 Å². The van der Waals surface area contributed by atoms with E-state index in [1.807, 2.05) is 0 Å². The van der Waals surface area contributed by atoms with Crippen molar-refractivity contribution in [2.24, 2.45) is 0 Å². The first-order valence-corrected chi connectivity index (χ1v) is 26.1. The Balaban J connectivity index is 3.10. The van der Waals surface area contributed by atoms with Crippen molar-refractivity contribution in [3.63, 3.8) is 0 Å². The average molecular weight is 513 g/mol. The monoisotopic (exact) mass is 512 g/mol. The molecule has 4 heteroatoms. The van der Waals surface area contributed by atoms with Crippen LogP contribution in [0, 0.1) is 45.9 Å². The third kappa shape index (κ3) is 9.22. The van der Waals surface area contributed by atoms with E-state index in [0.29, 0.717) is 0 Å². The molecule has 0 spiro atoms. The topological polar surface area (TPSA) is 0 Å². The van der Waals surface area contributed by atoms with Gasteiger partial charge in [-0.25, -0.2) is 0 Å². The Kier molecular flexibility index (Phi) is 8.41. The molecule has 0 aliphatic carbocycles. The van der Waals surface area contributed by atoms with E-state index in [4.69, 9.17) is 0 Å². The fourth-order valence-electron chi connectivity index (χ4n) is 2.93. The normalized spacial score (nSPS) is 11.8. The van der Waals surface area contributed by atoms with Crippen LogP contribution in [-0.4, -0.2) is 32.3 Å². The van der Waals surface area contributed by atoms with Crippen molar-refractivity contribution in [1.82, 2.24) is 0 Å². The summed E-state index contributed by atoms with van der Waals surface area (Å²) in [6.07, 6.45) is 0. The molecule has 0 aliphatic rings. The zero-order chi connectivity index (χ0) is 25.9. The lowest BCUT2D eigenvalue weighted by atomic mass is 9.92. The lowest BCUT2D eigenvalue weighted by molar-refractivity contribution is 1.61. The fourth-order valence-corrected chi connectivity index (χ4v) is 4.97. The molecule has 0 amide bonds. The maximum atomic E-state index is 3.57. The van der Waals surface area contributed by atoms with Crippen LogP contribution in [0.4, 0.5) is 0 Å². The van der Waals surface area contributed by atoms with Gasteiger partial charge in [0.1, 0.15) is 32.3 Å². The standard InChI is InChI=1S/C30H40Si4/c1-31(2,3)21-17-25-13-14-27(19-23-33(7,8)9)30-28(20-24-34(10,11)12)16-15-26(29(25)30)18-22-32(4,5)6/h13-16H,1-12H3. The summed E-state index contributed by atoms with van der Waals surface area (Å²) in [7, 11) is -6.14. The molecule has 0 nitrogen and oxygen atoms in total. The molecule has 0 fully saturated rings. The first-order valence-electron chi connectivity index (χ1n) is 12.1. The second-order valence-electron chi connectivity index (χ2n) is 13.1. The van der Waals surface area contributed by atoms with Crippen molar-refractivity contribution in [3.05, 3.63) is 46.5 Å². The summed E-state index contributed by atoms with van der Waals surface area (Å²) in [6.45, 7) is 27.4. The summed E-state index contributed by atoms with van der Waals surface area (Å²) in [5, 5.41) is 2.25. The third-order valence-electron chi connectivity index (χ3n) is 4.45. The van der Waals surface area contributed by atoms with Crippen molar-refractivity contribution in [2.75, 3.05) is 0 Å². The number of fused-ring (bicyclic) bond motifs is 1. The van der Waals surface area contributed by atoms with Crippen LogP contribution in [0.3, 0.4) is 0 Å². The van der Waals surface area contributed by atoms with Gasteiger partial charge in [-0.05, 0) is 24.3 Å². The van der Waals surface area contributed by atoms with Gasteiger partial charge in [0.15, 0.2) is 0 Å². The smallest absolute Gasteiger partial charge is 0.127 e. The van der Waals surface area contributed by atoms with E-state index in [1.54, 1.807) is 0 Å². The average Bonchev–Trinajstić information content (AvgIpc) is 2.65. The fraction of sp³-hybridized carbons (Fsp3) is 0.400. The van der Waals surface area contributed by atoms with Crippen molar-refractivity contribution in [2.45, 2.75) is 78.6 Å². The second kappa shape index (κ2) is 10.2. The predicted molar refractivity (Wildman–Crippen MR) is 165 cm³/mol. The van der Waals surface area contributed by atoms with E-state index in [9.17, 15) is 0 Å². The molecule has 0 saturated heterocycles. The SMILES string of the molecule is C[Si](C)(C)C#Cc1ccc(C#C[Si](C)(C)C)c2c(C#C[Si](C)(C)C)ccc(C#C[Si](C)(C)C)c12. The molecule has 176 valence electrons. The van der Waals surface area contributed by atoms with E-state index < -0.39 is 32.3 Å². The Morgan fingerprint density at radius 1 is 0.353 bits per heavy atom. The van der Waals surface area contributed by atoms with E-state index in [2.05, 4.69) is 149 Å². The Hall–Kier alpha value is -2.19. The highest BCUT2D eigenvalue weighted by Gasteiger charge is 2.16. The number of benzene rings is 2. The number of rotatable bonds is 0. The summed E-state index contributed by atoms with van der Waals surface area (Å²) in [5.41, 5.74) is 18.5. The van der Waals surface area contributed by atoms with Gasteiger partial charge in [-0.3, -0.25) is 0 Å². The van der Waals surface area contributed by atoms with Crippen molar-refractivity contribution in [1.29, 1.82) is 0 Å². The molecule has 0 N–H and O–H groups in total. The maximum Gasteiger partial charge on any atom is 0.129 e. The quantitative estimate of drug-likeness (QED) is 0.250. The van der Waals surface area contributed by atoms with Crippen LogP contribution in [0.2, 0.25) is 78.6 Å². The largest absolute Gasteiger partial charge is 0.129 e. The Bertz CT molecular complexity index is 1130. The molecule has 0 radical (unpaired) electrons. The van der Waals surface area contributed by atoms with E-state index in [-0.39, 0.29) is 0 Å². The van der Waals surface area contributed by atoms with E-state index >= 15 is 0 Å². The molecule has 0 bridgehead atoms. The van der Waals surface area contributed by atoms with Crippen LogP contribution >= 0.6 is 0 Å². The van der Waals surface area contributed by atoms with Crippen LogP contribution in [0.1, 0.15) is 22.3 Å². The molecule has 34 heavy (non-hydrogen) atoms. The lowest BCUT2D eigenvalue weighted by Crippen LogP contribution is -2.17. The second-order valence-corrected chi connectivity index (χ2v) is 32.1. The van der Waals surface area contributed by atoms with Crippen LogP contribution in [-0.2, 0) is 0 Å². The van der Waals surface area contributed by atoms with Gasteiger partial charge in [0.2, 0.25) is 0 Å². The number of hydrogen-bond donors (Lipinski definition) is 0. The summed E-state index contributed by atoms with van der Waals surface area (Å²) in [6, 6.07) is 8.61. The van der Waals surface area contributed by atoms with Gasteiger partial charge in [-0.1, -0.05) is 102 Å². The summed E-state index contributed by atoms with van der Waals surface area (Å²) < 4.78 is 0. The highest BCUT2D eigenvalue weighted by Crippen LogP contribution is 2.29. The van der Waals surface area contributed by atoms with Gasteiger partial charge in [-0.2, -0.15) is 0 Å². The van der Waals surface area contributed by atoms with Gasteiger partial charge >= 0.3 is 0 Å². The molecule has 0 atom stereocenters. The van der Waals surface area contributed by atoms with E-state index in [0.717, 1.165) is 33.0 Å². The minimum absolute atomic E-state index is 1.05. The van der Waals surface area contributed by atoms with Crippen molar-refractivity contribution in [3.8, 4) is 45.9 Å². The molecule has 0 unspecified atom stereocenters. The molecular formula is C30H40Si4. The predicted octanol–water partition coefficient (Wildman–Crippen LogP) is 7.76. The molecular weight excluding hydrogens is 473 g/mol. The molecule has 0 aromatic heterocycles. The molecule has 0 aliphatic heterocycles. The van der Waals surface area contributed by atoms with Crippen molar-refractivity contribution < 1.29 is 0 Å². The van der Waals surface area contributed by atoms with Gasteiger partial charge in [-0.15, -0.1) is 22.2 Å². The Labute approximate surface area is 213 Å². The Morgan fingerprint density at radius 2 is 0.529 bits per heavy atom. The van der Waals surface area contributed by atoms with Crippen LogP contribution < -0.4 is 0 Å². The minimum atomic E-state index is -1.54. The zero-order valence-corrected chi connectivity index (χ0v) is 27.3. The maximum absolute atomic E-state index is 3.57. The summed E-state index contributed by atoms with van der Waals surface area (Å²) >= 11 is 0. The van der Waals surface area contributed by atoms with Crippen LogP contribution in [0.5, 0.6) is 0 Å². The summed E-state index contributed by atoms with van der Waals surface area (Å²) in [4.78, 5) is 0. The molecule has 0 heterocycles. The van der Waals surface area contributed by atoms with Gasteiger partial charge in [0.25, 0.3) is 0 Å². The van der Waals surface area contributed by atoms with Gasteiger partial charge < -0.3 is 0 Å². The molecule has 0 saturated carbocycles. The Morgan fingerprint density at radius 3 is 0.676 bits per heavy atom.